The molecule has 7 heteroatoms. The van der Waals surface area contributed by atoms with Gasteiger partial charge < -0.3 is 10.2 Å². The highest BCUT2D eigenvalue weighted by molar-refractivity contribution is 5.93. The summed E-state index contributed by atoms with van der Waals surface area (Å²) in [6, 6.07) is 5.80. The lowest BCUT2D eigenvalue weighted by molar-refractivity contribution is -0.862. The number of aryl methyl sites for hydroxylation is 2. The highest BCUT2D eigenvalue weighted by atomic mass is 16.2. The van der Waals surface area contributed by atoms with E-state index in [4.69, 9.17) is 0 Å². The molecule has 0 saturated carbocycles. The zero-order valence-electron chi connectivity index (χ0n) is 13.4. The normalized spacial score (nSPS) is 11.5. The van der Waals surface area contributed by atoms with Crippen molar-refractivity contribution < 1.29 is 19.3 Å². The van der Waals surface area contributed by atoms with Gasteiger partial charge in [0.2, 0.25) is 5.91 Å². The van der Waals surface area contributed by atoms with E-state index in [1.807, 2.05) is 32.0 Å². The van der Waals surface area contributed by atoms with Crippen LogP contribution in [0.4, 0.5) is 5.69 Å². The van der Waals surface area contributed by atoms with Gasteiger partial charge in [0, 0.05) is 12.6 Å². The fourth-order valence-corrected chi connectivity index (χ4v) is 2.01. The predicted octanol–water partition coefficient (Wildman–Crippen LogP) is -1.08. The standard InChI is InChI=1S/C15H22N4O3/c1-10-6-5-7-11(2)15(10)16-13(21)8-19(4)9-14(22)18-17-12(3)20/h5-7H,8-9H2,1-4H3,(H,16,21)(H,17,20)(H,18,22)/p+1. The van der Waals surface area contributed by atoms with Crippen LogP contribution in [0.15, 0.2) is 18.2 Å². The van der Waals surface area contributed by atoms with Crippen LogP contribution < -0.4 is 21.1 Å². The van der Waals surface area contributed by atoms with Crippen LogP contribution in [0.3, 0.4) is 0 Å². The lowest BCUT2D eigenvalue weighted by Crippen LogP contribution is -3.11. The molecule has 0 aliphatic rings. The predicted molar refractivity (Wildman–Crippen MR) is 83.1 cm³/mol. The number of hydrogen-bond acceptors (Lipinski definition) is 3. The molecule has 4 N–H and O–H groups in total. The first-order valence-electron chi connectivity index (χ1n) is 7.02. The van der Waals surface area contributed by atoms with E-state index in [1.54, 1.807) is 7.05 Å². The van der Waals surface area contributed by atoms with Crippen LogP contribution in [-0.4, -0.2) is 37.9 Å². The van der Waals surface area contributed by atoms with Crippen LogP contribution in [-0.2, 0) is 14.4 Å². The average Bonchev–Trinajstić information content (AvgIpc) is 2.40. The Labute approximate surface area is 130 Å². The zero-order chi connectivity index (χ0) is 16.7. The first-order chi connectivity index (χ1) is 10.3. The highest BCUT2D eigenvalue weighted by Gasteiger charge is 2.15. The van der Waals surface area contributed by atoms with Crippen LogP contribution in [0.2, 0.25) is 0 Å². The lowest BCUT2D eigenvalue weighted by Gasteiger charge is -2.15. The van der Waals surface area contributed by atoms with E-state index in [0.717, 1.165) is 16.8 Å². The van der Waals surface area contributed by atoms with Crippen LogP contribution in [0.5, 0.6) is 0 Å². The summed E-state index contributed by atoms with van der Waals surface area (Å²) in [5.41, 5.74) is 7.27. The van der Waals surface area contributed by atoms with Crippen LogP contribution in [0.1, 0.15) is 18.1 Å². The van der Waals surface area contributed by atoms with Gasteiger partial charge >= 0.3 is 0 Å². The van der Waals surface area contributed by atoms with Crippen molar-refractivity contribution in [1.29, 1.82) is 0 Å². The third-order valence-corrected chi connectivity index (χ3v) is 3.05. The Morgan fingerprint density at radius 3 is 2.09 bits per heavy atom. The second kappa shape index (κ2) is 8.14. The summed E-state index contributed by atoms with van der Waals surface area (Å²) < 4.78 is 0. The van der Waals surface area contributed by atoms with E-state index >= 15 is 0 Å². The van der Waals surface area contributed by atoms with E-state index in [1.165, 1.54) is 6.92 Å². The van der Waals surface area contributed by atoms with Crippen LogP contribution in [0.25, 0.3) is 0 Å². The molecule has 0 aliphatic heterocycles. The monoisotopic (exact) mass is 307 g/mol. The largest absolute Gasteiger partial charge is 0.322 e. The second-order valence-corrected chi connectivity index (χ2v) is 5.36. The second-order valence-electron chi connectivity index (χ2n) is 5.36. The van der Waals surface area contributed by atoms with Crippen LogP contribution in [0, 0.1) is 13.8 Å². The molecule has 3 amide bonds. The number of anilines is 1. The molecule has 0 radical (unpaired) electrons. The summed E-state index contributed by atoms with van der Waals surface area (Å²) in [6.07, 6.45) is 0. The first-order valence-corrected chi connectivity index (χ1v) is 7.02. The Morgan fingerprint density at radius 1 is 1.00 bits per heavy atom. The van der Waals surface area contributed by atoms with E-state index in [2.05, 4.69) is 16.2 Å². The average molecular weight is 307 g/mol. The molecule has 7 nitrogen and oxygen atoms in total. The maximum atomic E-state index is 12.0. The SMILES string of the molecule is CC(=O)NNC(=O)C[NH+](C)CC(=O)Nc1c(C)cccc1C. The number of hydrazine groups is 1. The van der Waals surface area contributed by atoms with Crippen molar-refractivity contribution in [3.8, 4) is 0 Å². The molecule has 1 aromatic carbocycles. The molecule has 0 heterocycles. The van der Waals surface area contributed by atoms with E-state index in [0.29, 0.717) is 4.90 Å². The molecule has 1 aromatic rings. The molecule has 0 aromatic heterocycles. The number of benzene rings is 1. The smallest absolute Gasteiger partial charge is 0.293 e. The molecule has 22 heavy (non-hydrogen) atoms. The number of carbonyl (C=O) groups is 3. The number of rotatable bonds is 5. The van der Waals surface area contributed by atoms with Gasteiger partial charge in [0.1, 0.15) is 0 Å². The molecule has 1 atom stereocenters. The summed E-state index contributed by atoms with van der Waals surface area (Å²) >= 11 is 0. The number of nitrogens with one attached hydrogen (secondary N) is 4. The summed E-state index contributed by atoms with van der Waals surface area (Å²) in [4.78, 5) is 35.0. The Balaban J connectivity index is 2.47. The van der Waals surface area contributed by atoms with Gasteiger partial charge in [-0.3, -0.25) is 25.2 Å². The lowest BCUT2D eigenvalue weighted by atomic mass is 10.1. The van der Waals surface area contributed by atoms with Gasteiger partial charge in [-0.1, -0.05) is 18.2 Å². The van der Waals surface area contributed by atoms with Crippen molar-refractivity contribution in [2.75, 3.05) is 25.5 Å². The van der Waals surface area contributed by atoms with Gasteiger partial charge in [0.05, 0.1) is 7.05 Å². The Kier molecular flexibility index (Phi) is 6.52. The molecule has 0 bridgehead atoms. The number of likely N-dealkylation sites (N-methyl/N-ethyl adjacent to an activating group) is 1. The molecular weight excluding hydrogens is 284 g/mol. The quantitative estimate of drug-likeness (QED) is 0.522. The topological polar surface area (TPSA) is 91.7 Å². The number of amides is 3. The molecule has 0 saturated heterocycles. The van der Waals surface area contributed by atoms with Crippen molar-refractivity contribution in [2.45, 2.75) is 20.8 Å². The maximum absolute atomic E-state index is 12.0. The Bertz CT molecular complexity index is 552. The third-order valence-electron chi connectivity index (χ3n) is 3.05. The fourth-order valence-electron chi connectivity index (χ4n) is 2.01. The van der Waals surface area contributed by atoms with Crippen LogP contribution >= 0.6 is 0 Å². The van der Waals surface area contributed by atoms with Crippen molar-refractivity contribution in [3.05, 3.63) is 29.3 Å². The van der Waals surface area contributed by atoms with E-state index in [9.17, 15) is 14.4 Å². The molecule has 1 unspecified atom stereocenters. The number of para-hydroxylation sites is 1. The summed E-state index contributed by atoms with van der Waals surface area (Å²) in [7, 11) is 1.73. The van der Waals surface area contributed by atoms with Crippen molar-refractivity contribution in [2.24, 2.45) is 0 Å². The zero-order valence-corrected chi connectivity index (χ0v) is 13.4. The highest BCUT2D eigenvalue weighted by Crippen LogP contribution is 2.18. The minimum Gasteiger partial charge on any atom is -0.322 e. The summed E-state index contributed by atoms with van der Waals surface area (Å²) in [5, 5.41) is 2.87. The van der Waals surface area contributed by atoms with Gasteiger partial charge in [-0.15, -0.1) is 0 Å². The van der Waals surface area contributed by atoms with E-state index in [-0.39, 0.29) is 30.8 Å². The minimum absolute atomic E-state index is 0.0838. The van der Waals surface area contributed by atoms with Gasteiger partial charge in [0.25, 0.3) is 11.8 Å². The number of quaternary nitrogens is 1. The summed E-state index contributed by atoms with van der Waals surface area (Å²) in [5.74, 6) is -0.867. The summed E-state index contributed by atoms with van der Waals surface area (Å²) in [6.45, 7) is 5.40. The van der Waals surface area contributed by atoms with E-state index < -0.39 is 0 Å². The van der Waals surface area contributed by atoms with Crippen molar-refractivity contribution in [3.63, 3.8) is 0 Å². The minimum atomic E-state index is -0.354. The molecule has 0 spiro atoms. The number of hydrogen-bond donors (Lipinski definition) is 4. The molecular formula is C15H23N4O3+. The first kappa shape index (κ1) is 17.6. The Morgan fingerprint density at radius 2 is 1.55 bits per heavy atom. The third kappa shape index (κ3) is 5.92. The molecule has 0 aliphatic carbocycles. The Hall–Kier alpha value is -2.41. The van der Waals surface area contributed by atoms with Gasteiger partial charge in [-0.2, -0.15) is 0 Å². The van der Waals surface area contributed by atoms with Gasteiger partial charge in [0.15, 0.2) is 13.1 Å². The molecule has 120 valence electrons. The van der Waals surface area contributed by atoms with Crippen molar-refractivity contribution in [1.82, 2.24) is 10.9 Å². The van der Waals surface area contributed by atoms with Crippen molar-refractivity contribution >= 4 is 23.4 Å². The molecule has 1 rings (SSSR count). The maximum Gasteiger partial charge on any atom is 0.293 e. The fraction of sp³-hybridized carbons (Fsp3) is 0.400. The molecule has 0 fully saturated rings. The van der Waals surface area contributed by atoms with Gasteiger partial charge in [-0.25, -0.2) is 0 Å². The van der Waals surface area contributed by atoms with Gasteiger partial charge in [-0.05, 0) is 25.0 Å². The number of carbonyl (C=O) groups excluding carboxylic acids is 3.